The second-order valence-corrected chi connectivity index (χ2v) is 4.79. The molecule has 1 atom stereocenters. The van der Waals surface area contributed by atoms with Crippen molar-refractivity contribution >= 4 is 12.0 Å². The molecule has 3 heteroatoms. The van der Waals surface area contributed by atoms with Crippen molar-refractivity contribution in [2.24, 2.45) is 5.92 Å². The molecule has 1 unspecified atom stereocenters. The van der Waals surface area contributed by atoms with Crippen molar-refractivity contribution in [2.75, 3.05) is 24.6 Å². The average molecular weight is 217 g/mol. The maximum absolute atomic E-state index is 10.7. The number of hydrogen-bond acceptors (Lipinski definition) is 3. The fourth-order valence-corrected chi connectivity index (χ4v) is 2.66. The summed E-state index contributed by atoms with van der Waals surface area (Å²) in [7, 11) is 0. The number of rotatable bonds is 2. The van der Waals surface area contributed by atoms with Crippen molar-refractivity contribution in [3.63, 3.8) is 0 Å². The summed E-state index contributed by atoms with van der Waals surface area (Å²) in [5, 5.41) is 0. The lowest BCUT2D eigenvalue weighted by molar-refractivity contribution is -0.111. The Morgan fingerprint density at radius 1 is 1.31 bits per heavy atom. The van der Waals surface area contributed by atoms with E-state index in [2.05, 4.69) is 17.0 Å². The highest BCUT2D eigenvalue weighted by Crippen LogP contribution is 2.39. The minimum Gasteiger partial charge on any atom is -0.371 e. The van der Waals surface area contributed by atoms with E-state index in [1.807, 2.05) is 18.2 Å². The molecule has 1 spiro atoms. The molecular formula is C13H15NO2. The highest BCUT2D eigenvalue weighted by molar-refractivity contribution is 5.56. The first-order chi connectivity index (χ1) is 7.81. The molecule has 2 saturated heterocycles. The average Bonchev–Trinajstić information content (AvgIpc) is 2.72. The van der Waals surface area contributed by atoms with E-state index in [-0.39, 0.29) is 11.5 Å². The summed E-state index contributed by atoms with van der Waals surface area (Å²) in [6, 6.07) is 10.3. The van der Waals surface area contributed by atoms with Gasteiger partial charge in [0.25, 0.3) is 0 Å². The Morgan fingerprint density at radius 2 is 2.06 bits per heavy atom. The van der Waals surface area contributed by atoms with Gasteiger partial charge in [0.15, 0.2) is 0 Å². The van der Waals surface area contributed by atoms with Gasteiger partial charge in [-0.25, -0.2) is 0 Å². The molecule has 0 saturated carbocycles. The van der Waals surface area contributed by atoms with Crippen molar-refractivity contribution in [1.29, 1.82) is 0 Å². The molecule has 1 aromatic rings. The highest BCUT2D eigenvalue weighted by Gasteiger charge is 2.49. The van der Waals surface area contributed by atoms with E-state index < -0.39 is 0 Å². The van der Waals surface area contributed by atoms with Gasteiger partial charge in [-0.15, -0.1) is 0 Å². The fourth-order valence-electron chi connectivity index (χ4n) is 2.66. The number of para-hydroxylation sites is 1. The molecule has 0 aromatic heterocycles. The summed E-state index contributed by atoms with van der Waals surface area (Å²) >= 11 is 0. The molecule has 16 heavy (non-hydrogen) atoms. The zero-order valence-electron chi connectivity index (χ0n) is 9.13. The lowest BCUT2D eigenvalue weighted by Gasteiger charge is -2.48. The molecule has 3 rings (SSSR count). The molecule has 2 aliphatic rings. The Labute approximate surface area is 95.0 Å². The summed E-state index contributed by atoms with van der Waals surface area (Å²) in [6.07, 6.45) is 1.92. The molecule has 0 radical (unpaired) electrons. The molecule has 84 valence electrons. The van der Waals surface area contributed by atoms with Crippen LogP contribution in [0.25, 0.3) is 0 Å². The third-order valence-electron chi connectivity index (χ3n) is 3.51. The molecule has 2 heterocycles. The van der Waals surface area contributed by atoms with Gasteiger partial charge in [-0.3, -0.25) is 0 Å². The summed E-state index contributed by atoms with van der Waals surface area (Å²) < 4.78 is 5.76. The number of nitrogens with zero attached hydrogens (tertiary/aromatic N) is 1. The van der Waals surface area contributed by atoms with Crippen LogP contribution in [0.5, 0.6) is 0 Å². The third-order valence-corrected chi connectivity index (χ3v) is 3.51. The molecule has 1 aromatic carbocycles. The number of benzene rings is 1. The van der Waals surface area contributed by atoms with E-state index >= 15 is 0 Å². The largest absolute Gasteiger partial charge is 0.371 e. The fraction of sp³-hybridized carbons (Fsp3) is 0.462. The standard InChI is InChI=1S/C13H15NO2/c15-7-11-6-13(16-8-11)9-14(10-13)12-4-2-1-3-5-12/h1-5,7,11H,6,8-10H2. The topological polar surface area (TPSA) is 29.5 Å². The summed E-state index contributed by atoms with van der Waals surface area (Å²) in [6.45, 7) is 2.44. The predicted octanol–water partition coefficient (Wildman–Crippen LogP) is 1.48. The van der Waals surface area contributed by atoms with Crippen molar-refractivity contribution in [2.45, 2.75) is 12.0 Å². The molecule has 3 nitrogen and oxygen atoms in total. The van der Waals surface area contributed by atoms with Crippen LogP contribution in [0, 0.1) is 5.92 Å². The molecule has 0 aliphatic carbocycles. The van der Waals surface area contributed by atoms with Crippen LogP contribution in [0.1, 0.15) is 6.42 Å². The van der Waals surface area contributed by atoms with Crippen molar-refractivity contribution < 1.29 is 9.53 Å². The van der Waals surface area contributed by atoms with E-state index in [1.54, 1.807) is 0 Å². The van der Waals surface area contributed by atoms with Crippen LogP contribution in [0.4, 0.5) is 5.69 Å². The number of carbonyl (C=O) groups excluding carboxylic acids is 1. The van der Waals surface area contributed by atoms with Gasteiger partial charge in [-0.1, -0.05) is 18.2 Å². The molecular weight excluding hydrogens is 202 g/mol. The van der Waals surface area contributed by atoms with E-state index in [9.17, 15) is 4.79 Å². The number of hydrogen-bond donors (Lipinski definition) is 0. The molecule has 0 bridgehead atoms. The third kappa shape index (κ3) is 1.52. The van der Waals surface area contributed by atoms with Gasteiger partial charge >= 0.3 is 0 Å². The van der Waals surface area contributed by atoms with Crippen LogP contribution < -0.4 is 4.90 Å². The van der Waals surface area contributed by atoms with Crippen molar-refractivity contribution in [1.82, 2.24) is 0 Å². The van der Waals surface area contributed by atoms with Gasteiger partial charge in [0.1, 0.15) is 11.9 Å². The first-order valence-corrected chi connectivity index (χ1v) is 5.71. The molecule has 2 aliphatic heterocycles. The number of anilines is 1. The maximum Gasteiger partial charge on any atom is 0.125 e. The second kappa shape index (κ2) is 3.59. The SMILES string of the molecule is O=CC1COC2(C1)CN(c1ccccc1)C2. The summed E-state index contributed by atoms with van der Waals surface area (Å²) in [5.74, 6) is 0.109. The van der Waals surface area contributed by atoms with Crippen LogP contribution >= 0.6 is 0 Å². The molecule has 0 amide bonds. The van der Waals surface area contributed by atoms with E-state index in [0.29, 0.717) is 6.61 Å². The highest BCUT2D eigenvalue weighted by atomic mass is 16.5. The van der Waals surface area contributed by atoms with Crippen LogP contribution in [0.3, 0.4) is 0 Å². The van der Waals surface area contributed by atoms with Crippen LogP contribution in [0.2, 0.25) is 0 Å². The van der Waals surface area contributed by atoms with Crippen LogP contribution in [0.15, 0.2) is 30.3 Å². The van der Waals surface area contributed by atoms with Crippen LogP contribution in [-0.4, -0.2) is 31.6 Å². The van der Waals surface area contributed by atoms with Crippen molar-refractivity contribution in [3.8, 4) is 0 Å². The van der Waals surface area contributed by atoms with E-state index in [4.69, 9.17) is 4.74 Å². The Balaban J connectivity index is 1.65. The molecule has 2 fully saturated rings. The lowest BCUT2D eigenvalue weighted by atomic mass is 9.87. The van der Waals surface area contributed by atoms with Gasteiger partial charge in [0.2, 0.25) is 0 Å². The van der Waals surface area contributed by atoms with Gasteiger partial charge in [-0.05, 0) is 18.6 Å². The van der Waals surface area contributed by atoms with Crippen molar-refractivity contribution in [3.05, 3.63) is 30.3 Å². The Morgan fingerprint density at radius 3 is 2.69 bits per heavy atom. The number of ether oxygens (including phenoxy) is 1. The first-order valence-electron chi connectivity index (χ1n) is 5.71. The van der Waals surface area contributed by atoms with Gasteiger partial charge in [0.05, 0.1) is 6.61 Å². The second-order valence-electron chi connectivity index (χ2n) is 4.79. The molecule has 0 N–H and O–H groups in total. The smallest absolute Gasteiger partial charge is 0.125 e. The predicted molar refractivity (Wildman–Crippen MR) is 61.5 cm³/mol. The summed E-state index contributed by atoms with van der Waals surface area (Å²) in [5.41, 5.74) is 1.20. The van der Waals surface area contributed by atoms with Gasteiger partial charge in [0, 0.05) is 24.7 Å². The Bertz CT molecular complexity index is 384. The Hall–Kier alpha value is -1.35. The monoisotopic (exact) mass is 217 g/mol. The Kier molecular flexibility index (Phi) is 2.21. The van der Waals surface area contributed by atoms with Gasteiger partial charge in [-0.2, -0.15) is 0 Å². The van der Waals surface area contributed by atoms with Gasteiger partial charge < -0.3 is 14.4 Å². The number of aldehydes is 1. The maximum atomic E-state index is 10.7. The quantitative estimate of drug-likeness (QED) is 0.703. The van der Waals surface area contributed by atoms with E-state index in [1.165, 1.54) is 5.69 Å². The zero-order chi connectivity index (χ0) is 11.0. The summed E-state index contributed by atoms with van der Waals surface area (Å²) in [4.78, 5) is 13.0. The normalized spacial score (nSPS) is 26.8. The minimum atomic E-state index is -0.0403. The first kappa shape index (κ1) is 9.85. The van der Waals surface area contributed by atoms with Crippen LogP contribution in [-0.2, 0) is 9.53 Å². The minimum absolute atomic E-state index is 0.0403. The zero-order valence-corrected chi connectivity index (χ0v) is 9.13. The number of carbonyl (C=O) groups is 1. The lowest BCUT2D eigenvalue weighted by Crippen LogP contribution is -2.61. The van der Waals surface area contributed by atoms with E-state index in [0.717, 1.165) is 25.8 Å².